The number of halogens is 1. The van der Waals surface area contributed by atoms with Gasteiger partial charge in [-0.2, -0.15) is 0 Å². The lowest BCUT2D eigenvalue weighted by Gasteiger charge is -2.24. The van der Waals surface area contributed by atoms with Gasteiger partial charge in [0.25, 0.3) is 11.8 Å². The summed E-state index contributed by atoms with van der Waals surface area (Å²) in [5.41, 5.74) is 1.46. The van der Waals surface area contributed by atoms with E-state index in [1.165, 1.54) is 0 Å². The van der Waals surface area contributed by atoms with Crippen LogP contribution < -0.4 is 20.7 Å². The Morgan fingerprint density at radius 1 is 1.00 bits per heavy atom. The molecule has 0 bridgehead atoms. The summed E-state index contributed by atoms with van der Waals surface area (Å²) >= 11 is 0. The summed E-state index contributed by atoms with van der Waals surface area (Å²) in [5, 5.41) is 9.16. The highest BCUT2D eigenvalue weighted by Gasteiger charge is 2.19. The summed E-state index contributed by atoms with van der Waals surface area (Å²) in [6, 6.07) is 14.0. The van der Waals surface area contributed by atoms with Gasteiger partial charge in [0, 0.05) is 11.6 Å². The molecule has 0 saturated carbocycles. The average molecular weight is 390 g/mol. The highest BCUT2D eigenvalue weighted by molar-refractivity contribution is 6.09. The van der Waals surface area contributed by atoms with Gasteiger partial charge in [-0.25, -0.2) is 0 Å². The maximum Gasteiger partial charge on any atom is 0.255 e. The van der Waals surface area contributed by atoms with Crippen LogP contribution in [0, 0.1) is 0 Å². The van der Waals surface area contributed by atoms with Crippen LogP contribution in [-0.2, 0) is 0 Å². The second-order valence-corrected chi connectivity index (χ2v) is 6.23. The molecule has 1 fully saturated rings. The number of hydrogen-bond donors (Lipinski definition) is 3. The van der Waals surface area contributed by atoms with Gasteiger partial charge in [0.2, 0.25) is 0 Å². The lowest BCUT2D eigenvalue weighted by Crippen LogP contribution is -2.42. The first-order valence-electron chi connectivity index (χ1n) is 8.73. The Labute approximate surface area is 165 Å². The smallest absolute Gasteiger partial charge is 0.255 e. The summed E-state index contributed by atoms with van der Waals surface area (Å²) in [6.45, 7) is 1.81. The highest BCUT2D eigenvalue weighted by Crippen LogP contribution is 2.18. The molecule has 2 amide bonds. The van der Waals surface area contributed by atoms with E-state index in [4.69, 9.17) is 4.74 Å². The number of benzene rings is 2. The predicted molar refractivity (Wildman–Crippen MR) is 108 cm³/mol. The zero-order chi connectivity index (χ0) is 18.4. The fourth-order valence-electron chi connectivity index (χ4n) is 2.96. The molecule has 27 heavy (non-hydrogen) atoms. The van der Waals surface area contributed by atoms with Gasteiger partial charge < -0.3 is 20.7 Å². The average Bonchev–Trinajstić information content (AvgIpc) is 2.69. The van der Waals surface area contributed by atoms with Crippen LogP contribution in [0.4, 0.5) is 5.69 Å². The van der Waals surface area contributed by atoms with E-state index < -0.39 is 0 Å². The minimum atomic E-state index is -0.269. The van der Waals surface area contributed by atoms with Crippen LogP contribution in [0.5, 0.6) is 5.75 Å². The van der Waals surface area contributed by atoms with Crippen LogP contribution in [-0.4, -0.2) is 38.1 Å². The van der Waals surface area contributed by atoms with Gasteiger partial charge in [0.15, 0.2) is 0 Å². The first-order valence-corrected chi connectivity index (χ1v) is 8.73. The van der Waals surface area contributed by atoms with Gasteiger partial charge in [-0.1, -0.05) is 12.1 Å². The Bertz CT molecular complexity index is 774. The quantitative estimate of drug-likeness (QED) is 0.734. The minimum absolute atomic E-state index is 0. The van der Waals surface area contributed by atoms with E-state index in [-0.39, 0.29) is 30.3 Å². The van der Waals surface area contributed by atoms with Gasteiger partial charge in [-0.05, 0) is 62.3 Å². The molecule has 1 heterocycles. The van der Waals surface area contributed by atoms with E-state index in [0.717, 1.165) is 25.9 Å². The molecule has 3 rings (SSSR count). The number of para-hydroxylation sites is 1. The molecular formula is C20H24ClN3O3. The van der Waals surface area contributed by atoms with Gasteiger partial charge >= 0.3 is 0 Å². The second kappa shape index (κ2) is 9.94. The topological polar surface area (TPSA) is 79.5 Å². The predicted octanol–water partition coefficient (Wildman–Crippen LogP) is 2.85. The molecule has 3 N–H and O–H groups in total. The summed E-state index contributed by atoms with van der Waals surface area (Å²) < 4.78 is 5.10. The monoisotopic (exact) mass is 389 g/mol. The summed E-state index contributed by atoms with van der Waals surface area (Å²) in [5.74, 6) is 0.251. The molecule has 0 aliphatic carbocycles. The second-order valence-electron chi connectivity index (χ2n) is 6.23. The van der Waals surface area contributed by atoms with E-state index in [2.05, 4.69) is 16.0 Å². The van der Waals surface area contributed by atoms with Crippen molar-refractivity contribution in [3.63, 3.8) is 0 Å². The van der Waals surface area contributed by atoms with E-state index in [0.29, 0.717) is 22.6 Å². The van der Waals surface area contributed by atoms with Gasteiger partial charge in [0.05, 0.1) is 18.4 Å². The third-order valence-electron chi connectivity index (χ3n) is 4.45. The first-order chi connectivity index (χ1) is 12.7. The number of carbonyl (C=O) groups excluding carboxylic acids is 2. The number of methoxy groups -OCH3 is 1. The summed E-state index contributed by atoms with van der Waals surface area (Å²) in [7, 11) is 1.58. The van der Waals surface area contributed by atoms with Crippen LogP contribution in [0.25, 0.3) is 0 Å². The zero-order valence-electron chi connectivity index (χ0n) is 15.2. The molecule has 7 heteroatoms. The van der Waals surface area contributed by atoms with E-state index in [1.54, 1.807) is 55.6 Å². The fourth-order valence-corrected chi connectivity index (χ4v) is 2.96. The Hall–Kier alpha value is -2.57. The van der Waals surface area contributed by atoms with E-state index in [9.17, 15) is 9.59 Å². The number of hydrogen-bond acceptors (Lipinski definition) is 4. The fraction of sp³-hybridized carbons (Fsp3) is 0.300. The third kappa shape index (κ3) is 5.45. The Kier molecular flexibility index (Phi) is 7.64. The maximum atomic E-state index is 12.6. The number of carbonyl (C=O) groups is 2. The van der Waals surface area contributed by atoms with Crippen LogP contribution in [0.1, 0.15) is 33.6 Å². The van der Waals surface area contributed by atoms with Crippen molar-refractivity contribution < 1.29 is 14.3 Å². The van der Waals surface area contributed by atoms with E-state index >= 15 is 0 Å². The van der Waals surface area contributed by atoms with Crippen LogP contribution in [0.2, 0.25) is 0 Å². The van der Waals surface area contributed by atoms with Crippen molar-refractivity contribution in [2.45, 2.75) is 18.9 Å². The molecule has 2 aromatic rings. The zero-order valence-corrected chi connectivity index (χ0v) is 16.0. The molecule has 1 aliphatic rings. The van der Waals surface area contributed by atoms with Crippen molar-refractivity contribution in [1.29, 1.82) is 0 Å². The lowest BCUT2D eigenvalue weighted by atomic mass is 10.1. The molecule has 144 valence electrons. The van der Waals surface area contributed by atoms with Gasteiger partial charge in [-0.3, -0.25) is 9.59 Å². The number of rotatable bonds is 5. The molecule has 1 aliphatic heterocycles. The van der Waals surface area contributed by atoms with Crippen LogP contribution in [0.3, 0.4) is 0 Å². The lowest BCUT2D eigenvalue weighted by molar-refractivity contribution is 0.0930. The molecule has 0 radical (unpaired) electrons. The minimum Gasteiger partial charge on any atom is -0.497 e. The number of piperidine rings is 1. The molecular weight excluding hydrogens is 366 g/mol. The first kappa shape index (κ1) is 20.7. The van der Waals surface area contributed by atoms with Gasteiger partial charge in [0.1, 0.15) is 5.75 Å². The van der Waals surface area contributed by atoms with Crippen molar-refractivity contribution in [1.82, 2.24) is 10.6 Å². The Morgan fingerprint density at radius 2 is 1.67 bits per heavy atom. The molecule has 0 atom stereocenters. The van der Waals surface area contributed by atoms with Crippen LogP contribution >= 0.6 is 12.4 Å². The Morgan fingerprint density at radius 3 is 2.33 bits per heavy atom. The number of nitrogens with one attached hydrogen (secondary N) is 3. The van der Waals surface area contributed by atoms with E-state index in [1.807, 2.05) is 0 Å². The van der Waals surface area contributed by atoms with Crippen LogP contribution in [0.15, 0.2) is 48.5 Å². The third-order valence-corrected chi connectivity index (χ3v) is 4.45. The molecule has 0 unspecified atom stereocenters. The largest absolute Gasteiger partial charge is 0.497 e. The summed E-state index contributed by atoms with van der Waals surface area (Å²) in [6.07, 6.45) is 1.82. The molecule has 1 saturated heterocycles. The maximum absolute atomic E-state index is 12.6. The number of amides is 2. The Balaban J connectivity index is 0.00000261. The van der Waals surface area contributed by atoms with Crippen molar-refractivity contribution in [2.75, 3.05) is 25.5 Å². The molecule has 0 spiro atoms. The number of ether oxygens (including phenoxy) is 1. The summed E-state index contributed by atoms with van der Waals surface area (Å²) in [4.78, 5) is 25.1. The molecule has 6 nitrogen and oxygen atoms in total. The van der Waals surface area contributed by atoms with Crippen molar-refractivity contribution in [3.05, 3.63) is 59.7 Å². The van der Waals surface area contributed by atoms with Crippen molar-refractivity contribution in [2.24, 2.45) is 0 Å². The SMILES string of the molecule is COc1ccc(C(=O)Nc2ccccc2C(=O)NC2CCNCC2)cc1.Cl. The molecule has 0 aromatic heterocycles. The standard InChI is InChI=1S/C20H23N3O3.ClH/c1-26-16-8-6-14(7-9-16)19(24)23-18-5-3-2-4-17(18)20(25)22-15-10-12-21-13-11-15;/h2-9,15,21H,10-13H2,1H3,(H,22,25)(H,23,24);1H. The van der Waals surface area contributed by atoms with Crippen molar-refractivity contribution in [3.8, 4) is 5.75 Å². The highest BCUT2D eigenvalue weighted by atomic mass is 35.5. The van der Waals surface area contributed by atoms with Crippen molar-refractivity contribution >= 4 is 29.9 Å². The number of anilines is 1. The normalized spacial score (nSPS) is 14.0. The molecule has 2 aromatic carbocycles. The van der Waals surface area contributed by atoms with Gasteiger partial charge in [-0.15, -0.1) is 12.4 Å².